The van der Waals surface area contributed by atoms with Crippen LogP contribution in [0.5, 0.6) is 11.5 Å². The molecule has 0 N–H and O–H groups in total. The number of imidazole rings is 1. The molecule has 0 saturated heterocycles. The van der Waals surface area contributed by atoms with Crippen molar-refractivity contribution in [3.8, 4) is 28.3 Å². The second kappa shape index (κ2) is 12.6. The predicted molar refractivity (Wildman–Crippen MR) is 197 cm³/mol. The third kappa shape index (κ3) is 6.46. The van der Waals surface area contributed by atoms with E-state index >= 15 is 0 Å². The van der Waals surface area contributed by atoms with Gasteiger partial charge in [0.1, 0.15) is 0 Å². The Morgan fingerprint density at radius 2 is 1.57 bits per heavy atom. The van der Waals surface area contributed by atoms with Gasteiger partial charge in [-0.1, -0.05) is 47.6 Å². The number of pyridine rings is 1. The Morgan fingerprint density at radius 3 is 2.27 bits per heavy atom. The summed E-state index contributed by atoms with van der Waals surface area (Å²) in [6, 6.07) is 33.7. The third-order valence-corrected chi connectivity index (χ3v) is 10.3. The second-order valence-corrected chi connectivity index (χ2v) is 16.0. The molecule has 1 aliphatic heterocycles. The maximum absolute atomic E-state index is 8.25. The van der Waals surface area contributed by atoms with Crippen LogP contribution in [0, 0.1) is 22.9 Å². The van der Waals surface area contributed by atoms with Crippen LogP contribution in [0.15, 0.2) is 85.1 Å². The molecule has 4 aromatic carbocycles. The zero-order chi connectivity index (χ0) is 37.2. The van der Waals surface area contributed by atoms with Gasteiger partial charge in [-0.3, -0.25) is 0 Å². The standard InChI is InChI=1S/C43H44N4O.Pt/c1-29-18-19-44-41(21-29)46-20-12-15-36-37(30-22-31(42(2,3)4)24-32(23-30)43(5,6)7)26-35(27-40(36)46)48-34-14-11-13-33(25-34)47-28-45(8)38-16-9-10-17-39(38)47;/h9-11,13-14,16-19,21-24,26H,12,15,20H2,1-8H3;/q-2;/i8D3;. The van der Waals surface area contributed by atoms with Gasteiger partial charge in [-0.05, 0) is 29.4 Å². The number of aryl methyl sites for hydroxylation is 2. The summed E-state index contributed by atoms with van der Waals surface area (Å²) in [5, 5.41) is 0. The van der Waals surface area contributed by atoms with Gasteiger partial charge in [-0.15, -0.1) is 0 Å². The van der Waals surface area contributed by atoms with Crippen molar-refractivity contribution in [3.63, 3.8) is 0 Å². The number of rotatable bonds is 5. The van der Waals surface area contributed by atoms with E-state index in [1.165, 1.54) is 21.3 Å². The van der Waals surface area contributed by atoms with Crippen molar-refractivity contribution in [1.29, 1.82) is 0 Å². The van der Waals surface area contributed by atoms with Gasteiger partial charge < -0.3 is 0 Å². The average molecular weight is 831 g/mol. The Bertz CT molecular complexity index is 2340. The van der Waals surface area contributed by atoms with E-state index in [1.54, 1.807) is 0 Å². The molecule has 2 aromatic heterocycles. The zero-order valence-electron chi connectivity index (χ0n) is 32.2. The first-order valence-electron chi connectivity index (χ1n) is 18.3. The van der Waals surface area contributed by atoms with Gasteiger partial charge in [0.15, 0.2) is 0 Å². The molecular formula is C43H44N4OPt-2. The second-order valence-electron chi connectivity index (χ2n) is 15.0. The van der Waals surface area contributed by atoms with Crippen molar-refractivity contribution < 1.29 is 28.2 Å². The number of hydrogen-bond acceptors (Lipinski definition) is 3. The normalized spacial score (nSPS) is 14.7. The summed E-state index contributed by atoms with van der Waals surface area (Å²) in [4.78, 5) is 7.05. The van der Waals surface area contributed by atoms with Crippen LogP contribution in [0.25, 0.3) is 27.8 Å². The van der Waals surface area contributed by atoms with Crippen LogP contribution < -0.4 is 9.64 Å². The summed E-state index contributed by atoms with van der Waals surface area (Å²) in [5.41, 5.74) is 10.2. The van der Waals surface area contributed by atoms with E-state index in [0.717, 1.165) is 53.1 Å². The molecule has 0 bridgehead atoms. The van der Waals surface area contributed by atoms with E-state index in [4.69, 9.17) is 13.8 Å². The monoisotopic (exact) mass is 830 g/mol. The number of nitrogens with zero attached hydrogens (tertiary/aromatic N) is 4. The maximum atomic E-state index is 8.25. The van der Waals surface area contributed by atoms with Crippen LogP contribution in [-0.2, 0) is 43.6 Å². The van der Waals surface area contributed by atoms with Crippen molar-refractivity contribution in [2.45, 2.75) is 72.1 Å². The van der Waals surface area contributed by atoms with Crippen molar-refractivity contribution in [1.82, 2.24) is 14.1 Å². The molecule has 6 heteroatoms. The summed E-state index contributed by atoms with van der Waals surface area (Å²) in [6.45, 7) is 14.2. The van der Waals surface area contributed by atoms with Crippen molar-refractivity contribution in [3.05, 3.63) is 123 Å². The minimum atomic E-state index is -2.35. The average Bonchev–Trinajstić information content (AvgIpc) is 3.39. The zero-order valence-corrected chi connectivity index (χ0v) is 31.5. The summed E-state index contributed by atoms with van der Waals surface area (Å²) in [5.74, 6) is 1.97. The van der Waals surface area contributed by atoms with E-state index in [2.05, 4.69) is 115 Å². The fourth-order valence-electron chi connectivity index (χ4n) is 6.53. The Hall–Kier alpha value is -4.21. The summed E-state index contributed by atoms with van der Waals surface area (Å²) < 4.78 is 35.3. The van der Waals surface area contributed by atoms with Gasteiger partial charge >= 0.3 is 224 Å². The molecule has 0 atom stereocenters. The van der Waals surface area contributed by atoms with Crippen LogP contribution >= 0.6 is 0 Å². The fraction of sp³-hybridized carbons (Fsp3) is 0.302. The Labute approximate surface area is 305 Å². The fourth-order valence-corrected chi connectivity index (χ4v) is 7.36. The van der Waals surface area contributed by atoms with Crippen LogP contribution in [0.4, 0.5) is 11.5 Å². The Kier molecular flexibility index (Phi) is 7.63. The molecule has 3 heterocycles. The van der Waals surface area contributed by atoms with Crippen molar-refractivity contribution >= 4 is 22.5 Å². The molecule has 0 radical (unpaired) electrons. The quantitative estimate of drug-likeness (QED) is 0.162. The van der Waals surface area contributed by atoms with Gasteiger partial charge in [0.05, 0.1) is 0 Å². The topological polar surface area (TPSA) is 35.2 Å². The van der Waals surface area contributed by atoms with E-state index in [9.17, 15) is 0 Å². The van der Waals surface area contributed by atoms with E-state index in [-0.39, 0.29) is 10.8 Å². The molecule has 0 amide bonds. The molecule has 0 fully saturated rings. The van der Waals surface area contributed by atoms with Crippen LogP contribution in [0.3, 0.4) is 0 Å². The molecular weight excluding hydrogens is 784 g/mol. The van der Waals surface area contributed by atoms with Crippen molar-refractivity contribution in [2.24, 2.45) is 6.98 Å². The minimum absolute atomic E-state index is 0.0405. The molecule has 1 aliphatic rings. The molecule has 6 aromatic rings. The van der Waals surface area contributed by atoms with Gasteiger partial charge in [-0.25, -0.2) is 0 Å². The number of hydrogen-bond donors (Lipinski definition) is 0. The SMILES string of the molecule is [2H]C([2H])([2H])n1[c](=[Pt])n(-c2[c-]c(Oc3[c-]c4c(c(-c5cc(C(C)(C)C)cc(C(C)(C)C)c5)c3)CCCN4c3cc(C)ccn3)ccc2)c2ccccc21. The van der Waals surface area contributed by atoms with Crippen LogP contribution in [0.2, 0.25) is 0 Å². The number of ether oxygens (including phenoxy) is 1. The molecule has 0 saturated carbocycles. The number of fused-ring (bicyclic) bond motifs is 2. The number of benzene rings is 4. The van der Waals surface area contributed by atoms with E-state index in [0.29, 0.717) is 26.5 Å². The molecule has 0 aliphatic carbocycles. The van der Waals surface area contributed by atoms with Crippen LogP contribution in [-0.4, -0.2) is 20.7 Å². The molecule has 0 unspecified atom stereocenters. The van der Waals surface area contributed by atoms with Gasteiger partial charge in [0.2, 0.25) is 0 Å². The summed E-state index contributed by atoms with van der Waals surface area (Å²) in [6.07, 6.45) is 3.77. The number of aromatic nitrogens is 3. The molecule has 7 rings (SSSR count). The number of para-hydroxylation sites is 2. The molecule has 254 valence electrons. The first-order chi connectivity index (χ1) is 24.5. The predicted octanol–water partition coefficient (Wildman–Crippen LogP) is 10.5. The Morgan fingerprint density at radius 1 is 0.837 bits per heavy atom. The molecule has 5 nitrogen and oxygen atoms in total. The van der Waals surface area contributed by atoms with Crippen molar-refractivity contribution in [2.75, 3.05) is 11.4 Å². The van der Waals surface area contributed by atoms with Gasteiger partial charge in [0.25, 0.3) is 0 Å². The Balaban J connectivity index is 1.40. The summed E-state index contributed by atoms with van der Waals surface area (Å²) >= 11 is 2.08. The van der Waals surface area contributed by atoms with Gasteiger partial charge in [0, 0.05) is 6.20 Å². The molecule has 49 heavy (non-hydrogen) atoms. The van der Waals surface area contributed by atoms with Crippen LogP contribution in [0.1, 0.15) is 74.3 Å². The first-order valence-corrected chi connectivity index (χ1v) is 18.0. The van der Waals surface area contributed by atoms with E-state index in [1.807, 2.05) is 59.3 Å². The van der Waals surface area contributed by atoms with Gasteiger partial charge in [-0.2, -0.15) is 0 Å². The summed E-state index contributed by atoms with van der Waals surface area (Å²) in [7, 11) is 0. The molecule has 0 spiro atoms. The third-order valence-electron chi connectivity index (χ3n) is 9.28. The first kappa shape index (κ1) is 29.7. The van der Waals surface area contributed by atoms with E-state index < -0.39 is 6.98 Å². The number of anilines is 2.